The van der Waals surface area contributed by atoms with Gasteiger partial charge in [0.2, 0.25) is 0 Å². The van der Waals surface area contributed by atoms with Crippen LogP contribution in [0.5, 0.6) is 0 Å². The van der Waals surface area contributed by atoms with Crippen LogP contribution in [0.2, 0.25) is 0 Å². The lowest BCUT2D eigenvalue weighted by Gasteiger charge is -2.27. The van der Waals surface area contributed by atoms with Gasteiger partial charge in [0.15, 0.2) is 0 Å². The molecule has 2 rings (SSSR count). The highest BCUT2D eigenvalue weighted by Gasteiger charge is 2.36. The zero-order valence-corrected chi connectivity index (χ0v) is 9.05. The normalized spacial score (nSPS) is 44.8. The minimum absolute atomic E-state index is 0.852. The van der Waals surface area contributed by atoms with Crippen LogP contribution in [-0.4, -0.2) is 12.1 Å². The molecule has 0 aromatic carbocycles. The van der Waals surface area contributed by atoms with Crippen LogP contribution in [0.1, 0.15) is 52.4 Å². The van der Waals surface area contributed by atoms with Crippen molar-refractivity contribution >= 4 is 0 Å². The van der Waals surface area contributed by atoms with Crippen LogP contribution in [0, 0.1) is 11.8 Å². The molecule has 0 amide bonds. The quantitative estimate of drug-likeness (QED) is 0.706. The molecule has 76 valence electrons. The Morgan fingerprint density at radius 3 is 2.69 bits per heavy atom. The molecule has 0 heterocycles. The molecular formula is C12H23N. The molecule has 0 aliphatic heterocycles. The van der Waals surface area contributed by atoms with Crippen molar-refractivity contribution in [1.29, 1.82) is 0 Å². The van der Waals surface area contributed by atoms with Crippen molar-refractivity contribution in [2.45, 2.75) is 64.5 Å². The molecule has 1 heteroatoms. The minimum atomic E-state index is 0.852. The van der Waals surface area contributed by atoms with Crippen LogP contribution < -0.4 is 5.32 Å². The van der Waals surface area contributed by atoms with E-state index < -0.39 is 0 Å². The Morgan fingerprint density at radius 1 is 1.23 bits per heavy atom. The first-order chi connectivity index (χ1) is 6.29. The number of nitrogens with one attached hydrogen (secondary N) is 1. The van der Waals surface area contributed by atoms with Crippen molar-refractivity contribution in [3.8, 4) is 0 Å². The molecule has 13 heavy (non-hydrogen) atoms. The summed E-state index contributed by atoms with van der Waals surface area (Å²) in [7, 11) is 0. The van der Waals surface area contributed by atoms with Gasteiger partial charge in [0, 0.05) is 12.1 Å². The van der Waals surface area contributed by atoms with E-state index in [1.54, 1.807) is 0 Å². The molecule has 2 fully saturated rings. The van der Waals surface area contributed by atoms with E-state index in [2.05, 4.69) is 19.2 Å². The predicted octanol–water partition coefficient (Wildman–Crippen LogP) is 2.95. The van der Waals surface area contributed by atoms with Crippen molar-refractivity contribution in [3.05, 3.63) is 0 Å². The van der Waals surface area contributed by atoms with Gasteiger partial charge in [-0.2, -0.15) is 0 Å². The number of hydrogen-bond donors (Lipinski definition) is 1. The molecule has 2 aliphatic rings. The van der Waals surface area contributed by atoms with Crippen LogP contribution in [0.15, 0.2) is 0 Å². The zero-order valence-electron chi connectivity index (χ0n) is 9.05. The molecule has 2 aliphatic carbocycles. The first-order valence-corrected chi connectivity index (χ1v) is 6.05. The first kappa shape index (κ1) is 9.51. The predicted molar refractivity (Wildman–Crippen MR) is 56.7 cm³/mol. The molecule has 1 N–H and O–H groups in total. The van der Waals surface area contributed by atoms with Crippen molar-refractivity contribution in [1.82, 2.24) is 5.32 Å². The topological polar surface area (TPSA) is 12.0 Å². The Labute approximate surface area is 82.3 Å². The number of rotatable bonds is 3. The van der Waals surface area contributed by atoms with E-state index in [0.29, 0.717) is 0 Å². The maximum Gasteiger partial charge on any atom is 0.0102 e. The third kappa shape index (κ3) is 2.46. The third-order valence-electron chi connectivity index (χ3n) is 3.83. The molecule has 4 atom stereocenters. The molecule has 0 spiro atoms. The average Bonchev–Trinajstić information content (AvgIpc) is 2.83. The second-order valence-corrected chi connectivity index (χ2v) is 5.15. The molecule has 0 saturated heterocycles. The van der Waals surface area contributed by atoms with E-state index in [4.69, 9.17) is 0 Å². The van der Waals surface area contributed by atoms with Gasteiger partial charge in [0.1, 0.15) is 0 Å². The smallest absolute Gasteiger partial charge is 0.0102 e. The first-order valence-electron chi connectivity index (χ1n) is 6.05. The van der Waals surface area contributed by atoms with Gasteiger partial charge >= 0.3 is 0 Å². The molecule has 0 radical (unpaired) electrons. The fraction of sp³-hybridized carbons (Fsp3) is 1.00. The summed E-state index contributed by atoms with van der Waals surface area (Å²) >= 11 is 0. The van der Waals surface area contributed by atoms with Gasteiger partial charge in [-0.25, -0.2) is 0 Å². The minimum Gasteiger partial charge on any atom is -0.311 e. The van der Waals surface area contributed by atoms with E-state index >= 15 is 0 Å². The molecule has 1 nitrogen and oxygen atoms in total. The van der Waals surface area contributed by atoms with Crippen molar-refractivity contribution in [2.24, 2.45) is 11.8 Å². The molecule has 4 unspecified atom stereocenters. The summed E-state index contributed by atoms with van der Waals surface area (Å²) in [5, 5.41) is 3.82. The summed E-state index contributed by atoms with van der Waals surface area (Å²) < 4.78 is 0. The maximum absolute atomic E-state index is 3.82. The van der Waals surface area contributed by atoms with E-state index in [-0.39, 0.29) is 0 Å². The van der Waals surface area contributed by atoms with Gasteiger partial charge in [-0.05, 0) is 31.1 Å². The third-order valence-corrected chi connectivity index (χ3v) is 3.83. The van der Waals surface area contributed by atoms with E-state index in [0.717, 1.165) is 23.9 Å². The molecule has 0 aromatic rings. The Bertz CT molecular complexity index is 167. The standard InChI is InChI=1S/C12H23N/c1-3-10-8-12(10)13-11-6-4-5-9(2)7-11/h9-13H,3-8H2,1-2H3. The summed E-state index contributed by atoms with van der Waals surface area (Å²) in [5.41, 5.74) is 0. The van der Waals surface area contributed by atoms with E-state index in [9.17, 15) is 0 Å². The van der Waals surface area contributed by atoms with Crippen LogP contribution in [-0.2, 0) is 0 Å². The Hall–Kier alpha value is -0.0400. The molecule has 2 saturated carbocycles. The Kier molecular flexibility index (Phi) is 2.92. The molecule has 0 bridgehead atoms. The van der Waals surface area contributed by atoms with Crippen molar-refractivity contribution < 1.29 is 0 Å². The monoisotopic (exact) mass is 181 g/mol. The Morgan fingerprint density at radius 2 is 2.08 bits per heavy atom. The lowest BCUT2D eigenvalue weighted by molar-refractivity contribution is 0.297. The second kappa shape index (κ2) is 4.00. The lowest BCUT2D eigenvalue weighted by atomic mass is 9.87. The summed E-state index contributed by atoms with van der Waals surface area (Å²) in [6, 6.07) is 1.74. The van der Waals surface area contributed by atoms with E-state index in [1.807, 2.05) is 0 Å². The van der Waals surface area contributed by atoms with Crippen LogP contribution in [0.4, 0.5) is 0 Å². The lowest BCUT2D eigenvalue weighted by Crippen LogP contribution is -2.35. The average molecular weight is 181 g/mol. The van der Waals surface area contributed by atoms with Gasteiger partial charge in [-0.1, -0.05) is 33.1 Å². The SMILES string of the molecule is CCC1CC1NC1CCCC(C)C1. The van der Waals surface area contributed by atoms with Gasteiger partial charge in [0.05, 0.1) is 0 Å². The summed E-state index contributed by atoms with van der Waals surface area (Å²) in [6.07, 6.45) is 8.58. The van der Waals surface area contributed by atoms with Gasteiger partial charge in [0.25, 0.3) is 0 Å². The molecular weight excluding hydrogens is 158 g/mol. The van der Waals surface area contributed by atoms with Crippen LogP contribution in [0.3, 0.4) is 0 Å². The van der Waals surface area contributed by atoms with Crippen LogP contribution >= 0.6 is 0 Å². The van der Waals surface area contributed by atoms with E-state index in [1.165, 1.54) is 38.5 Å². The van der Waals surface area contributed by atoms with Crippen LogP contribution in [0.25, 0.3) is 0 Å². The van der Waals surface area contributed by atoms with Gasteiger partial charge in [-0.15, -0.1) is 0 Å². The van der Waals surface area contributed by atoms with Crippen molar-refractivity contribution in [3.63, 3.8) is 0 Å². The number of hydrogen-bond acceptors (Lipinski definition) is 1. The molecule has 0 aromatic heterocycles. The summed E-state index contributed by atoms with van der Waals surface area (Å²) in [4.78, 5) is 0. The summed E-state index contributed by atoms with van der Waals surface area (Å²) in [6.45, 7) is 4.72. The fourth-order valence-corrected chi connectivity index (χ4v) is 2.79. The Balaban J connectivity index is 1.70. The maximum atomic E-state index is 3.82. The fourth-order valence-electron chi connectivity index (χ4n) is 2.79. The zero-order chi connectivity index (χ0) is 9.26. The highest BCUT2D eigenvalue weighted by molar-refractivity contribution is 4.94. The summed E-state index contributed by atoms with van der Waals surface area (Å²) in [5.74, 6) is 1.97. The second-order valence-electron chi connectivity index (χ2n) is 5.15. The van der Waals surface area contributed by atoms with Gasteiger partial charge in [-0.3, -0.25) is 0 Å². The van der Waals surface area contributed by atoms with Crippen molar-refractivity contribution in [2.75, 3.05) is 0 Å². The largest absolute Gasteiger partial charge is 0.311 e. The van der Waals surface area contributed by atoms with Gasteiger partial charge < -0.3 is 5.32 Å². The highest BCUT2D eigenvalue weighted by atomic mass is 15.0. The highest BCUT2D eigenvalue weighted by Crippen LogP contribution is 2.35.